The predicted octanol–water partition coefficient (Wildman–Crippen LogP) is 4.91. The average Bonchev–Trinajstić information content (AvgIpc) is 2.95. The Labute approximate surface area is 244 Å². The molecule has 0 bridgehead atoms. The molecule has 8 nitrogen and oxygen atoms in total. The second-order valence-electron chi connectivity index (χ2n) is 10.5. The minimum absolute atomic E-state index is 0.0470. The normalized spacial score (nSPS) is 20.7. The van der Waals surface area contributed by atoms with Crippen molar-refractivity contribution in [1.29, 1.82) is 0 Å². The fourth-order valence-corrected chi connectivity index (χ4v) is 5.94. The molecule has 1 amide bonds. The summed E-state index contributed by atoms with van der Waals surface area (Å²) in [6.07, 6.45) is -0.368. The number of fused-ring (bicyclic) bond motifs is 1. The molecule has 12 heteroatoms. The maximum atomic E-state index is 14.6. The van der Waals surface area contributed by atoms with E-state index in [0.717, 1.165) is 30.3 Å². The van der Waals surface area contributed by atoms with Crippen LogP contribution in [0, 0.1) is 23.4 Å². The largest absolute Gasteiger partial charge is 0.491 e. The van der Waals surface area contributed by atoms with Crippen molar-refractivity contribution in [3.63, 3.8) is 0 Å². The number of rotatable bonds is 6. The highest BCUT2D eigenvalue weighted by Crippen LogP contribution is 2.29. The lowest BCUT2D eigenvalue weighted by Crippen LogP contribution is -2.46. The van der Waals surface area contributed by atoms with E-state index in [4.69, 9.17) is 9.47 Å². The number of methoxy groups -OCH3 is 1. The molecule has 3 aromatic carbocycles. The minimum Gasteiger partial charge on any atom is -0.491 e. The number of hydrogen-bond donors (Lipinski definition) is 1. The number of amides is 1. The van der Waals surface area contributed by atoms with E-state index < -0.39 is 27.5 Å². The number of halogens is 3. The van der Waals surface area contributed by atoms with Gasteiger partial charge in [-0.05, 0) is 61.4 Å². The van der Waals surface area contributed by atoms with Gasteiger partial charge in [0.25, 0.3) is 15.9 Å². The number of anilines is 1. The van der Waals surface area contributed by atoms with Gasteiger partial charge in [0, 0.05) is 51.5 Å². The molecule has 1 N–H and O–H groups in total. The maximum absolute atomic E-state index is 14.6. The van der Waals surface area contributed by atoms with Crippen LogP contribution < -0.4 is 9.46 Å². The summed E-state index contributed by atoms with van der Waals surface area (Å²) in [7, 11) is -0.957. The highest BCUT2D eigenvalue weighted by atomic mass is 32.2. The lowest BCUT2D eigenvalue weighted by Gasteiger charge is -2.36. The van der Waals surface area contributed by atoms with Crippen LogP contribution in [0.5, 0.6) is 5.75 Å². The van der Waals surface area contributed by atoms with Crippen molar-refractivity contribution >= 4 is 21.6 Å². The Morgan fingerprint density at radius 1 is 1.00 bits per heavy atom. The molecule has 0 saturated heterocycles. The van der Waals surface area contributed by atoms with Crippen molar-refractivity contribution in [2.24, 2.45) is 5.92 Å². The van der Waals surface area contributed by atoms with E-state index >= 15 is 0 Å². The molecule has 3 aromatic rings. The van der Waals surface area contributed by atoms with Gasteiger partial charge >= 0.3 is 0 Å². The van der Waals surface area contributed by atoms with Crippen molar-refractivity contribution < 1.29 is 35.9 Å². The van der Waals surface area contributed by atoms with Crippen LogP contribution >= 0.6 is 0 Å². The molecule has 4 rings (SSSR count). The third-order valence-corrected chi connectivity index (χ3v) is 8.69. The van der Waals surface area contributed by atoms with Crippen LogP contribution in [0.25, 0.3) is 0 Å². The van der Waals surface area contributed by atoms with E-state index in [1.807, 2.05) is 18.7 Å². The monoisotopic (exact) mass is 605 g/mol. The maximum Gasteiger partial charge on any atom is 0.261 e. The molecule has 42 heavy (non-hydrogen) atoms. The van der Waals surface area contributed by atoms with Gasteiger partial charge in [-0.25, -0.2) is 21.6 Å². The summed E-state index contributed by atoms with van der Waals surface area (Å²) >= 11 is 0. The van der Waals surface area contributed by atoms with Gasteiger partial charge in [0.1, 0.15) is 29.8 Å². The lowest BCUT2D eigenvalue weighted by molar-refractivity contribution is 0.00903. The quantitative estimate of drug-likeness (QED) is 0.430. The topological polar surface area (TPSA) is 88.2 Å². The summed E-state index contributed by atoms with van der Waals surface area (Å²) < 4.78 is 82.2. The highest BCUT2D eigenvalue weighted by molar-refractivity contribution is 7.92. The zero-order valence-corrected chi connectivity index (χ0v) is 24.6. The number of hydrogen-bond acceptors (Lipinski definition) is 6. The zero-order chi connectivity index (χ0) is 30.6. The Kier molecular flexibility index (Phi) is 9.80. The van der Waals surface area contributed by atoms with Gasteiger partial charge in [0.15, 0.2) is 0 Å². The summed E-state index contributed by atoms with van der Waals surface area (Å²) in [6.45, 7) is 4.64. The second kappa shape index (κ2) is 13.1. The standard InChI is InChI=1S/C30H34F3N3O5S/c1-19-15-36(16-21-12-23(32)8-11-27(21)33)20(2)18-41-28-14-24(34-42(38,39)25-7-5-6-22(31)13-25)9-10-26(28)30(37)35(3)17-29(19)40-4/h5-14,19-20,29,34H,15-18H2,1-4H3/t19-,20-,29+/m1/s1. The molecule has 0 aromatic heterocycles. The Morgan fingerprint density at radius 3 is 2.45 bits per heavy atom. The van der Waals surface area contributed by atoms with Crippen molar-refractivity contribution in [3.05, 3.63) is 89.2 Å². The number of benzene rings is 3. The number of nitrogens with one attached hydrogen (secondary N) is 1. The molecule has 0 fully saturated rings. The Hall–Kier alpha value is -3.61. The molecule has 1 aliphatic heterocycles. The smallest absolute Gasteiger partial charge is 0.261 e. The van der Waals surface area contributed by atoms with E-state index in [0.29, 0.717) is 6.54 Å². The molecular formula is C30H34F3N3O5S. The van der Waals surface area contributed by atoms with Gasteiger partial charge in [-0.3, -0.25) is 14.4 Å². The van der Waals surface area contributed by atoms with Crippen molar-refractivity contribution in [2.45, 2.75) is 37.4 Å². The summed E-state index contributed by atoms with van der Waals surface area (Å²) in [5.74, 6) is -2.11. The van der Waals surface area contributed by atoms with Gasteiger partial charge in [-0.15, -0.1) is 0 Å². The van der Waals surface area contributed by atoms with E-state index in [1.54, 1.807) is 14.2 Å². The first-order valence-corrected chi connectivity index (χ1v) is 14.9. The summed E-state index contributed by atoms with van der Waals surface area (Å²) in [6, 6.07) is 11.8. The third-order valence-electron chi connectivity index (χ3n) is 7.32. The molecule has 3 atom stereocenters. The van der Waals surface area contributed by atoms with Crippen LogP contribution in [-0.2, 0) is 21.3 Å². The van der Waals surface area contributed by atoms with Gasteiger partial charge < -0.3 is 14.4 Å². The molecule has 1 heterocycles. The van der Waals surface area contributed by atoms with E-state index in [1.165, 1.54) is 35.2 Å². The number of sulfonamides is 1. The third kappa shape index (κ3) is 7.42. The number of likely N-dealkylation sites (N-methyl/N-ethyl adjacent to an activating group) is 1. The van der Waals surface area contributed by atoms with E-state index in [2.05, 4.69) is 4.72 Å². The molecule has 226 valence electrons. The summed E-state index contributed by atoms with van der Waals surface area (Å²) in [4.78, 5) is 16.6. The van der Waals surface area contributed by atoms with Crippen LogP contribution in [0.4, 0.5) is 18.9 Å². The van der Waals surface area contributed by atoms with Crippen LogP contribution in [0.15, 0.2) is 65.6 Å². The van der Waals surface area contributed by atoms with Crippen molar-refractivity contribution in [2.75, 3.05) is 38.6 Å². The minimum atomic E-state index is -4.14. The fourth-order valence-electron chi connectivity index (χ4n) is 4.86. The zero-order valence-electron chi connectivity index (χ0n) is 23.8. The van der Waals surface area contributed by atoms with Gasteiger partial charge in [0.2, 0.25) is 0 Å². The number of carbonyl (C=O) groups is 1. The number of carbonyl (C=O) groups excluding carboxylic acids is 1. The lowest BCUT2D eigenvalue weighted by atomic mass is 10.0. The molecule has 1 aliphatic rings. The Bertz CT molecular complexity index is 1540. The molecule has 0 spiro atoms. The second-order valence-corrected chi connectivity index (χ2v) is 12.2. The van der Waals surface area contributed by atoms with Gasteiger partial charge in [-0.2, -0.15) is 0 Å². The summed E-state index contributed by atoms with van der Waals surface area (Å²) in [5.41, 5.74) is 0.497. The summed E-state index contributed by atoms with van der Waals surface area (Å²) in [5, 5.41) is 0. The van der Waals surface area contributed by atoms with Gasteiger partial charge in [0.05, 0.1) is 22.3 Å². The number of nitrogens with zero attached hydrogens (tertiary/aromatic N) is 2. The van der Waals surface area contributed by atoms with Crippen LogP contribution in [0.1, 0.15) is 29.8 Å². The first kappa shape index (κ1) is 31.3. The van der Waals surface area contributed by atoms with Crippen molar-refractivity contribution in [1.82, 2.24) is 9.80 Å². The van der Waals surface area contributed by atoms with Crippen LogP contribution in [-0.4, -0.2) is 70.1 Å². The molecule has 0 saturated carbocycles. The predicted molar refractivity (Wildman–Crippen MR) is 152 cm³/mol. The first-order chi connectivity index (χ1) is 19.9. The average molecular weight is 606 g/mol. The molecular weight excluding hydrogens is 571 g/mol. The first-order valence-electron chi connectivity index (χ1n) is 13.4. The molecule has 0 aliphatic carbocycles. The highest BCUT2D eigenvalue weighted by Gasteiger charge is 2.29. The van der Waals surface area contributed by atoms with Crippen LogP contribution in [0.2, 0.25) is 0 Å². The fraction of sp³-hybridized carbons (Fsp3) is 0.367. The van der Waals surface area contributed by atoms with E-state index in [9.17, 15) is 26.4 Å². The van der Waals surface area contributed by atoms with Crippen LogP contribution in [0.3, 0.4) is 0 Å². The Morgan fingerprint density at radius 2 is 1.74 bits per heavy atom. The Balaban J connectivity index is 1.68. The molecule has 0 radical (unpaired) electrons. The van der Waals surface area contributed by atoms with E-state index in [-0.39, 0.29) is 71.1 Å². The van der Waals surface area contributed by atoms with Crippen molar-refractivity contribution in [3.8, 4) is 5.75 Å². The molecule has 0 unspecified atom stereocenters. The van der Waals surface area contributed by atoms with Gasteiger partial charge in [-0.1, -0.05) is 13.0 Å². The SMILES string of the molecule is CO[C@H]1CN(C)C(=O)c2ccc(NS(=O)(=O)c3cccc(F)c3)cc2OC[C@@H](C)N(Cc2cc(F)ccc2F)C[C@H]1C. The number of ether oxygens (including phenoxy) is 2.